The van der Waals surface area contributed by atoms with Crippen molar-refractivity contribution in [2.75, 3.05) is 5.75 Å². The average molecular weight is 326 g/mol. The highest BCUT2D eigenvalue weighted by molar-refractivity contribution is 7.99. The highest BCUT2D eigenvalue weighted by Gasteiger charge is 2.14. The van der Waals surface area contributed by atoms with Crippen LogP contribution >= 0.6 is 23.1 Å². The van der Waals surface area contributed by atoms with E-state index in [1.54, 1.807) is 23.1 Å². The van der Waals surface area contributed by atoms with Crippen molar-refractivity contribution in [1.82, 2.24) is 0 Å². The quantitative estimate of drug-likeness (QED) is 0.430. The van der Waals surface area contributed by atoms with Crippen molar-refractivity contribution < 1.29 is 4.79 Å². The van der Waals surface area contributed by atoms with Crippen LogP contribution in [0.3, 0.4) is 0 Å². The minimum atomic E-state index is 0.258. The van der Waals surface area contributed by atoms with Crippen LogP contribution in [0.1, 0.15) is 26.5 Å². The third kappa shape index (κ3) is 3.26. The summed E-state index contributed by atoms with van der Waals surface area (Å²) in [5.41, 5.74) is 1.26. The number of benzene rings is 2. The second-order valence-corrected chi connectivity index (χ2v) is 7.76. The number of thioether (sulfide) groups is 1. The van der Waals surface area contributed by atoms with Crippen LogP contribution in [0.15, 0.2) is 53.4 Å². The molecule has 0 spiro atoms. The Hall–Kier alpha value is -1.58. The number of hydrogen-bond donors (Lipinski definition) is 0. The number of aryl methyl sites for hydroxylation is 2. The van der Waals surface area contributed by atoms with Gasteiger partial charge in [0.15, 0.2) is 5.78 Å². The maximum absolute atomic E-state index is 12.5. The van der Waals surface area contributed by atoms with Crippen molar-refractivity contribution in [3.05, 3.63) is 63.8 Å². The second-order valence-electron chi connectivity index (χ2n) is 5.37. The molecule has 3 heteroatoms. The molecule has 1 heterocycles. The summed E-state index contributed by atoms with van der Waals surface area (Å²) < 4.78 is 0. The van der Waals surface area contributed by atoms with Crippen molar-refractivity contribution in [2.45, 2.75) is 25.2 Å². The molecule has 0 aliphatic carbocycles. The molecule has 0 fully saturated rings. The fraction of sp³-hybridized carbons (Fsp3) is 0.211. The highest BCUT2D eigenvalue weighted by atomic mass is 32.2. The molecule has 1 nitrogen and oxygen atoms in total. The topological polar surface area (TPSA) is 17.1 Å². The first-order valence-electron chi connectivity index (χ1n) is 7.36. The third-order valence-corrected chi connectivity index (χ3v) is 5.87. The van der Waals surface area contributed by atoms with Crippen molar-refractivity contribution in [3.63, 3.8) is 0 Å². The summed E-state index contributed by atoms with van der Waals surface area (Å²) in [4.78, 5) is 15.9. The Morgan fingerprint density at radius 1 is 1.00 bits per heavy atom. The minimum absolute atomic E-state index is 0.258. The normalized spacial score (nSPS) is 11.0. The van der Waals surface area contributed by atoms with E-state index in [0.717, 1.165) is 16.0 Å². The summed E-state index contributed by atoms with van der Waals surface area (Å²) in [5, 5.41) is 2.32. The number of Topliss-reactive ketones (excluding diaryl/α,β-unsaturated/α-hetero) is 1. The Morgan fingerprint density at radius 3 is 2.41 bits per heavy atom. The molecule has 0 saturated heterocycles. The molecule has 2 aromatic carbocycles. The van der Waals surface area contributed by atoms with E-state index in [1.165, 1.54) is 20.7 Å². The molecular formula is C19H18OS2. The molecule has 22 heavy (non-hydrogen) atoms. The number of carbonyl (C=O) groups excluding carboxylic acids is 1. The van der Waals surface area contributed by atoms with Gasteiger partial charge < -0.3 is 0 Å². The van der Waals surface area contributed by atoms with Crippen LogP contribution in [0.5, 0.6) is 0 Å². The van der Waals surface area contributed by atoms with Gasteiger partial charge in [-0.2, -0.15) is 0 Å². The van der Waals surface area contributed by atoms with Gasteiger partial charge in [0.2, 0.25) is 0 Å². The molecule has 3 aromatic rings. The summed E-state index contributed by atoms with van der Waals surface area (Å²) >= 11 is 3.37. The molecule has 3 rings (SSSR count). The molecular weight excluding hydrogens is 308 g/mol. The summed E-state index contributed by atoms with van der Waals surface area (Å²) in [6, 6.07) is 16.7. The molecule has 0 aliphatic heterocycles. The smallest absolute Gasteiger partial charge is 0.174 e. The number of ketones is 1. The predicted octanol–water partition coefficient (Wildman–Crippen LogP) is 5.88. The van der Waals surface area contributed by atoms with Crippen LogP contribution in [0, 0.1) is 13.8 Å². The van der Waals surface area contributed by atoms with E-state index in [4.69, 9.17) is 0 Å². The van der Waals surface area contributed by atoms with E-state index in [2.05, 4.69) is 50.2 Å². The van der Waals surface area contributed by atoms with E-state index in [-0.39, 0.29) is 5.78 Å². The van der Waals surface area contributed by atoms with E-state index in [1.807, 2.05) is 12.1 Å². The molecule has 0 N–H and O–H groups in total. The Labute approximate surface area is 139 Å². The van der Waals surface area contributed by atoms with E-state index < -0.39 is 0 Å². The lowest BCUT2D eigenvalue weighted by Crippen LogP contribution is -1.98. The maximum Gasteiger partial charge on any atom is 0.174 e. The Kier molecular flexibility index (Phi) is 4.65. The zero-order valence-corrected chi connectivity index (χ0v) is 14.4. The summed E-state index contributed by atoms with van der Waals surface area (Å²) in [7, 11) is 0. The van der Waals surface area contributed by atoms with E-state index in [0.29, 0.717) is 6.42 Å². The van der Waals surface area contributed by atoms with Gasteiger partial charge in [-0.05, 0) is 31.4 Å². The van der Waals surface area contributed by atoms with Gasteiger partial charge in [0.05, 0.1) is 4.88 Å². The summed E-state index contributed by atoms with van der Waals surface area (Å²) in [6.07, 6.45) is 0.586. The lowest BCUT2D eigenvalue weighted by atomic mass is 10.1. The third-order valence-electron chi connectivity index (χ3n) is 3.68. The second kappa shape index (κ2) is 6.67. The Bertz CT molecular complexity index is 800. The maximum atomic E-state index is 12.5. The zero-order valence-electron chi connectivity index (χ0n) is 12.8. The van der Waals surface area contributed by atoms with Crippen LogP contribution in [-0.2, 0) is 0 Å². The summed E-state index contributed by atoms with van der Waals surface area (Å²) in [5.74, 6) is 1.08. The molecule has 1 aromatic heterocycles. The Balaban J connectivity index is 1.67. The minimum Gasteiger partial charge on any atom is -0.293 e. The molecule has 0 radical (unpaired) electrons. The monoisotopic (exact) mass is 326 g/mol. The van der Waals surface area contributed by atoms with Gasteiger partial charge in [-0.1, -0.05) is 42.0 Å². The molecule has 0 unspecified atom stereocenters. The zero-order chi connectivity index (χ0) is 15.5. The number of thiophene rings is 1. The van der Waals surface area contributed by atoms with Gasteiger partial charge >= 0.3 is 0 Å². The first-order chi connectivity index (χ1) is 10.6. The van der Waals surface area contributed by atoms with E-state index >= 15 is 0 Å². The fourth-order valence-corrected chi connectivity index (χ4v) is 4.42. The van der Waals surface area contributed by atoms with Crippen LogP contribution in [0.25, 0.3) is 10.8 Å². The highest BCUT2D eigenvalue weighted by Crippen LogP contribution is 2.32. The van der Waals surface area contributed by atoms with Gasteiger partial charge in [0.1, 0.15) is 0 Å². The predicted molar refractivity (Wildman–Crippen MR) is 97.4 cm³/mol. The van der Waals surface area contributed by atoms with Gasteiger partial charge in [-0.25, -0.2) is 0 Å². The van der Waals surface area contributed by atoms with Crippen molar-refractivity contribution >= 4 is 39.7 Å². The lowest BCUT2D eigenvalue weighted by Gasteiger charge is -2.02. The van der Waals surface area contributed by atoms with Crippen molar-refractivity contribution in [1.29, 1.82) is 0 Å². The van der Waals surface area contributed by atoms with Gasteiger partial charge in [0, 0.05) is 27.3 Å². The van der Waals surface area contributed by atoms with Gasteiger partial charge in [0.25, 0.3) is 0 Å². The van der Waals surface area contributed by atoms with Crippen LogP contribution in [0.4, 0.5) is 0 Å². The van der Waals surface area contributed by atoms with Crippen LogP contribution < -0.4 is 0 Å². The van der Waals surface area contributed by atoms with Crippen LogP contribution in [0.2, 0.25) is 0 Å². The molecule has 112 valence electrons. The average Bonchev–Trinajstić information content (AvgIpc) is 2.87. The van der Waals surface area contributed by atoms with Crippen molar-refractivity contribution in [3.8, 4) is 0 Å². The number of rotatable bonds is 5. The number of hydrogen-bond acceptors (Lipinski definition) is 3. The largest absolute Gasteiger partial charge is 0.293 e. The Morgan fingerprint density at radius 2 is 1.68 bits per heavy atom. The SMILES string of the molecule is Cc1ccc(SCCC(=O)c2sc(C)c3ccccc23)cc1. The lowest BCUT2D eigenvalue weighted by molar-refractivity contribution is 0.0995. The standard InChI is InChI=1S/C19H18OS2/c1-13-7-9-15(10-8-13)21-12-11-18(20)19-17-6-4-3-5-16(17)14(2)22-19/h3-10H,11-12H2,1-2H3. The van der Waals surface area contributed by atoms with Crippen LogP contribution in [-0.4, -0.2) is 11.5 Å². The van der Waals surface area contributed by atoms with Gasteiger partial charge in [-0.3, -0.25) is 4.79 Å². The molecule has 0 amide bonds. The summed E-state index contributed by atoms with van der Waals surface area (Å²) in [6.45, 7) is 4.17. The van der Waals surface area contributed by atoms with Gasteiger partial charge in [-0.15, -0.1) is 23.1 Å². The molecule has 0 bridgehead atoms. The molecule has 0 atom stereocenters. The fourth-order valence-electron chi connectivity index (χ4n) is 2.47. The molecule has 0 saturated carbocycles. The first-order valence-corrected chi connectivity index (χ1v) is 9.16. The number of carbonyl (C=O) groups is 1. The van der Waals surface area contributed by atoms with E-state index in [9.17, 15) is 4.79 Å². The van der Waals surface area contributed by atoms with Crippen molar-refractivity contribution in [2.24, 2.45) is 0 Å². The molecule has 0 aliphatic rings. The first kappa shape index (κ1) is 15.3. The number of fused-ring (bicyclic) bond motifs is 1.